The predicted molar refractivity (Wildman–Crippen MR) is 108 cm³/mol. The van der Waals surface area contributed by atoms with Crippen molar-refractivity contribution in [3.63, 3.8) is 0 Å². The smallest absolute Gasteiger partial charge is 0.268 e. The lowest BCUT2D eigenvalue weighted by molar-refractivity contribution is 0.655. The third-order valence-electron chi connectivity index (χ3n) is 4.16. The fourth-order valence-electron chi connectivity index (χ4n) is 2.86. The maximum Gasteiger partial charge on any atom is 0.268 e. The van der Waals surface area contributed by atoms with E-state index in [1.807, 2.05) is 54.9 Å². The molecule has 132 valence electrons. The van der Waals surface area contributed by atoms with Crippen molar-refractivity contribution >= 4 is 45.4 Å². The van der Waals surface area contributed by atoms with Gasteiger partial charge in [0.15, 0.2) is 10.6 Å². The second kappa shape index (κ2) is 6.50. The third kappa shape index (κ3) is 3.02. The van der Waals surface area contributed by atoms with Gasteiger partial charge in [0.25, 0.3) is 5.56 Å². The van der Waals surface area contributed by atoms with Crippen molar-refractivity contribution in [1.29, 1.82) is 0 Å². The zero-order chi connectivity index (χ0) is 18.4. The summed E-state index contributed by atoms with van der Waals surface area (Å²) in [5.74, 6) is 0.522. The van der Waals surface area contributed by atoms with Gasteiger partial charge in [0.2, 0.25) is 0 Å². The van der Waals surface area contributed by atoms with E-state index >= 15 is 0 Å². The van der Waals surface area contributed by atoms with E-state index in [9.17, 15) is 4.79 Å². The molecule has 4 aromatic rings. The SMILES string of the molecule is Cc1cc2c(=O)n(-c3cc(C)n(Cc4ccc(Cl)cc4)n3)c(=S)[nH]c2s1. The van der Waals surface area contributed by atoms with Crippen LogP contribution in [0.3, 0.4) is 0 Å². The van der Waals surface area contributed by atoms with E-state index in [2.05, 4.69) is 10.1 Å². The van der Waals surface area contributed by atoms with Crippen LogP contribution in [0.25, 0.3) is 16.0 Å². The van der Waals surface area contributed by atoms with E-state index in [0.717, 1.165) is 21.0 Å². The molecule has 3 aromatic heterocycles. The standard InChI is InChI=1S/C18H15ClN4OS2/c1-10-7-15(21-22(10)9-12-3-5-13(19)6-4-12)23-17(24)14-8-11(2)26-16(14)20-18(23)25/h3-8H,9H2,1-2H3,(H,20,25). The summed E-state index contributed by atoms with van der Waals surface area (Å²) in [6, 6.07) is 11.4. The number of halogens is 1. The molecular weight excluding hydrogens is 388 g/mol. The molecule has 5 nitrogen and oxygen atoms in total. The fourth-order valence-corrected chi connectivity index (χ4v) is 4.24. The maximum atomic E-state index is 12.9. The largest absolute Gasteiger partial charge is 0.323 e. The number of nitrogens with one attached hydrogen (secondary N) is 1. The highest BCUT2D eigenvalue weighted by molar-refractivity contribution is 7.71. The average molecular weight is 403 g/mol. The molecule has 0 aliphatic heterocycles. The molecule has 0 radical (unpaired) electrons. The number of rotatable bonds is 3. The summed E-state index contributed by atoms with van der Waals surface area (Å²) in [5, 5.41) is 5.92. The monoisotopic (exact) mass is 402 g/mol. The van der Waals surface area contributed by atoms with Crippen LogP contribution in [0.1, 0.15) is 16.1 Å². The van der Waals surface area contributed by atoms with Gasteiger partial charge in [-0.15, -0.1) is 11.3 Å². The molecule has 0 saturated heterocycles. The summed E-state index contributed by atoms with van der Waals surface area (Å²) in [4.78, 5) is 17.9. The summed E-state index contributed by atoms with van der Waals surface area (Å²) in [6.45, 7) is 4.52. The Morgan fingerprint density at radius 2 is 1.96 bits per heavy atom. The van der Waals surface area contributed by atoms with Crippen LogP contribution in [0.2, 0.25) is 5.02 Å². The van der Waals surface area contributed by atoms with Crippen LogP contribution in [0.5, 0.6) is 0 Å². The molecule has 0 atom stereocenters. The maximum absolute atomic E-state index is 12.9. The number of hydrogen-bond donors (Lipinski definition) is 1. The Morgan fingerprint density at radius 3 is 2.69 bits per heavy atom. The molecular formula is C18H15ClN4OS2. The molecule has 3 heterocycles. The Labute approximate surface area is 163 Å². The first-order chi connectivity index (χ1) is 12.4. The lowest BCUT2D eigenvalue weighted by Gasteiger charge is -2.05. The van der Waals surface area contributed by atoms with Crippen LogP contribution in [0.15, 0.2) is 41.2 Å². The Balaban J connectivity index is 1.80. The van der Waals surface area contributed by atoms with Crippen molar-refractivity contribution in [3.05, 3.63) is 72.7 Å². The first-order valence-electron chi connectivity index (χ1n) is 7.97. The average Bonchev–Trinajstić information content (AvgIpc) is 3.12. The molecule has 1 aromatic carbocycles. The van der Waals surface area contributed by atoms with Gasteiger partial charge in [0, 0.05) is 21.7 Å². The van der Waals surface area contributed by atoms with Gasteiger partial charge < -0.3 is 4.98 Å². The number of aromatic nitrogens is 4. The number of aromatic amines is 1. The van der Waals surface area contributed by atoms with E-state index in [1.54, 1.807) is 0 Å². The molecule has 0 spiro atoms. The summed E-state index contributed by atoms with van der Waals surface area (Å²) in [5.41, 5.74) is 1.87. The summed E-state index contributed by atoms with van der Waals surface area (Å²) >= 11 is 12.9. The molecule has 0 saturated carbocycles. The number of fused-ring (bicyclic) bond motifs is 1. The molecule has 0 amide bonds. The zero-order valence-electron chi connectivity index (χ0n) is 14.1. The number of thiophene rings is 1. The lowest BCUT2D eigenvalue weighted by atomic mass is 10.2. The molecule has 0 aliphatic rings. The second-order valence-corrected chi connectivity index (χ2v) is 8.18. The van der Waals surface area contributed by atoms with E-state index in [-0.39, 0.29) is 5.56 Å². The highest BCUT2D eigenvalue weighted by Gasteiger charge is 2.13. The van der Waals surface area contributed by atoms with E-state index in [1.165, 1.54) is 15.9 Å². The zero-order valence-corrected chi connectivity index (χ0v) is 16.5. The van der Waals surface area contributed by atoms with Crippen molar-refractivity contribution in [2.75, 3.05) is 0 Å². The van der Waals surface area contributed by atoms with Crippen LogP contribution >= 0.6 is 35.2 Å². The van der Waals surface area contributed by atoms with Gasteiger partial charge in [-0.3, -0.25) is 9.48 Å². The third-order valence-corrected chi connectivity index (χ3v) is 5.66. The summed E-state index contributed by atoms with van der Waals surface area (Å²) in [6.07, 6.45) is 0. The van der Waals surface area contributed by atoms with Crippen LogP contribution in [0.4, 0.5) is 0 Å². The summed E-state index contributed by atoms with van der Waals surface area (Å²) < 4.78 is 3.65. The van der Waals surface area contributed by atoms with Crippen molar-refractivity contribution in [3.8, 4) is 5.82 Å². The van der Waals surface area contributed by atoms with Gasteiger partial charge in [0.05, 0.1) is 11.9 Å². The van der Waals surface area contributed by atoms with Gasteiger partial charge in [-0.05, 0) is 49.8 Å². The highest BCUT2D eigenvalue weighted by Crippen LogP contribution is 2.21. The van der Waals surface area contributed by atoms with E-state index in [0.29, 0.717) is 27.5 Å². The number of hydrogen-bond acceptors (Lipinski definition) is 4. The fraction of sp³-hybridized carbons (Fsp3) is 0.167. The highest BCUT2D eigenvalue weighted by atomic mass is 35.5. The summed E-state index contributed by atoms with van der Waals surface area (Å²) in [7, 11) is 0. The second-order valence-electron chi connectivity index (χ2n) is 6.10. The molecule has 0 aliphatic carbocycles. The molecule has 0 unspecified atom stereocenters. The molecule has 0 fully saturated rings. The Kier molecular flexibility index (Phi) is 4.30. The minimum Gasteiger partial charge on any atom is -0.323 e. The molecule has 26 heavy (non-hydrogen) atoms. The van der Waals surface area contributed by atoms with Crippen LogP contribution in [-0.4, -0.2) is 19.3 Å². The molecule has 1 N–H and O–H groups in total. The predicted octanol–water partition coefficient (Wildman–Crippen LogP) is 4.62. The Morgan fingerprint density at radius 1 is 1.23 bits per heavy atom. The lowest BCUT2D eigenvalue weighted by Crippen LogP contribution is -2.20. The quantitative estimate of drug-likeness (QED) is 0.508. The van der Waals surface area contributed by atoms with Gasteiger partial charge in [-0.1, -0.05) is 23.7 Å². The normalized spacial score (nSPS) is 11.3. The molecule has 8 heteroatoms. The minimum absolute atomic E-state index is 0.149. The van der Waals surface area contributed by atoms with Gasteiger partial charge >= 0.3 is 0 Å². The van der Waals surface area contributed by atoms with Crippen LogP contribution < -0.4 is 5.56 Å². The molecule has 4 rings (SSSR count). The first kappa shape index (κ1) is 17.2. The van der Waals surface area contributed by atoms with Crippen molar-refractivity contribution in [1.82, 2.24) is 19.3 Å². The number of nitrogens with zero attached hydrogens (tertiary/aromatic N) is 3. The number of benzene rings is 1. The van der Waals surface area contributed by atoms with E-state index < -0.39 is 0 Å². The van der Waals surface area contributed by atoms with Crippen LogP contribution in [0, 0.1) is 18.6 Å². The molecule has 0 bridgehead atoms. The van der Waals surface area contributed by atoms with Crippen molar-refractivity contribution < 1.29 is 0 Å². The Bertz CT molecular complexity index is 1230. The number of H-pyrrole nitrogens is 1. The number of aryl methyl sites for hydroxylation is 2. The van der Waals surface area contributed by atoms with E-state index in [4.69, 9.17) is 23.8 Å². The topological polar surface area (TPSA) is 55.6 Å². The minimum atomic E-state index is -0.149. The van der Waals surface area contributed by atoms with Gasteiger partial charge in [0.1, 0.15) is 4.83 Å². The first-order valence-corrected chi connectivity index (χ1v) is 9.57. The van der Waals surface area contributed by atoms with Gasteiger partial charge in [-0.25, -0.2) is 4.57 Å². The van der Waals surface area contributed by atoms with Gasteiger partial charge in [-0.2, -0.15) is 5.10 Å². The Hall–Kier alpha value is -2.22. The van der Waals surface area contributed by atoms with Crippen molar-refractivity contribution in [2.45, 2.75) is 20.4 Å². The van der Waals surface area contributed by atoms with Crippen LogP contribution in [-0.2, 0) is 6.54 Å². The van der Waals surface area contributed by atoms with Crippen molar-refractivity contribution in [2.24, 2.45) is 0 Å².